The van der Waals surface area contributed by atoms with E-state index < -0.39 is 34.4 Å². The van der Waals surface area contributed by atoms with Crippen molar-refractivity contribution in [3.63, 3.8) is 0 Å². The van der Waals surface area contributed by atoms with Crippen LogP contribution in [0.4, 0.5) is 5.69 Å². The van der Waals surface area contributed by atoms with Crippen molar-refractivity contribution in [2.45, 2.75) is 50.2 Å². The molecule has 1 N–H and O–H groups in total. The number of carbonyl (C=O) groups excluding carboxylic acids is 2. The van der Waals surface area contributed by atoms with Gasteiger partial charge in [-0.2, -0.15) is 0 Å². The highest BCUT2D eigenvalue weighted by molar-refractivity contribution is 7.92. The van der Waals surface area contributed by atoms with E-state index in [-0.39, 0.29) is 51.1 Å². The number of rotatable bonds is 16. The molecule has 10 nitrogen and oxygen atoms in total. The van der Waals surface area contributed by atoms with Gasteiger partial charge in [0.25, 0.3) is 10.0 Å². The molecule has 0 aliphatic rings. The van der Waals surface area contributed by atoms with Gasteiger partial charge in [0.1, 0.15) is 18.3 Å². The molecular weight excluding hydrogens is 737 g/mol. The fourth-order valence-corrected chi connectivity index (χ4v) is 7.37. The molecule has 4 rings (SSSR count). The van der Waals surface area contributed by atoms with E-state index >= 15 is 0 Å². The molecule has 0 spiro atoms. The van der Waals surface area contributed by atoms with Crippen LogP contribution in [0.25, 0.3) is 0 Å². The van der Waals surface area contributed by atoms with Crippen LogP contribution < -0.4 is 23.8 Å². The van der Waals surface area contributed by atoms with Crippen LogP contribution in [0.5, 0.6) is 17.2 Å². The smallest absolute Gasteiger partial charge is 0.265 e. The van der Waals surface area contributed by atoms with Crippen LogP contribution in [0.3, 0.4) is 0 Å². The second kappa shape index (κ2) is 17.9. The maximum atomic E-state index is 14.8. The number of hydrogen-bond donors (Lipinski definition) is 1. The van der Waals surface area contributed by atoms with Crippen LogP contribution in [0.15, 0.2) is 89.8 Å². The van der Waals surface area contributed by atoms with Crippen LogP contribution in [0.1, 0.15) is 31.4 Å². The monoisotopic (exact) mass is 775 g/mol. The first kappa shape index (κ1) is 39.6. The Morgan fingerprint density at radius 2 is 1.43 bits per heavy atom. The van der Waals surface area contributed by atoms with Gasteiger partial charge in [-0.15, -0.1) is 0 Å². The zero-order valence-corrected chi connectivity index (χ0v) is 31.9. The summed E-state index contributed by atoms with van der Waals surface area (Å²) < 4.78 is 46.4. The molecule has 0 saturated heterocycles. The van der Waals surface area contributed by atoms with E-state index in [0.717, 1.165) is 9.87 Å². The minimum atomic E-state index is -4.54. The number of nitrogens with one attached hydrogen (secondary N) is 1. The van der Waals surface area contributed by atoms with E-state index in [9.17, 15) is 18.0 Å². The summed E-state index contributed by atoms with van der Waals surface area (Å²) in [6.07, 6.45) is 0.773. The fraction of sp³-hybridized carbons (Fsp3) is 0.297. The molecule has 2 amide bonds. The number of sulfonamides is 1. The van der Waals surface area contributed by atoms with E-state index in [0.29, 0.717) is 22.8 Å². The Hall–Kier alpha value is -4.16. The average Bonchev–Trinajstić information content (AvgIpc) is 3.12. The molecule has 0 heterocycles. The van der Waals surface area contributed by atoms with Gasteiger partial charge in [-0.3, -0.25) is 13.9 Å². The number of benzene rings is 4. The van der Waals surface area contributed by atoms with Crippen molar-refractivity contribution in [1.82, 2.24) is 10.2 Å². The Bertz CT molecular complexity index is 1950. The lowest BCUT2D eigenvalue weighted by molar-refractivity contribution is -0.140. The summed E-state index contributed by atoms with van der Waals surface area (Å²) in [6, 6.07) is 21.3. The summed E-state index contributed by atoms with van der Waals surface area (Å²) in [5.41, 5.74) is 1.29. The molecule has 272 valence electrons. The van der Waals surface area contributed by atoms with Crippen LogP contribution in [0, 0.1) is 0 Å². The van der Waals surface area contributed by atoms with Gasteiger partial charge in [0.2, 0.25) is 11.8 Å². The molecule has 0 unspecified atom stereocenters. The molecule has 0 aromatic heterocycles. The van der Waals surface area contributed by atoms with E-state index in [1.165, 1.54) is 68.7 Å². The Morgan fingerprint density at radius 3 is 2.06 bits per heavy atom. The first-order valence-electron chi connectivity index (χ1n) is 16.0. The lowest BCUT2D eigenvalue weighted by Crippen LogP contribution is -2.54. The summed E-state index contributed by atoms with van der Waals surface area (Å²) in [6.45, 7) is 2.91. The lowest BCUT2D eigenvalue weighted by atomic mass is 10.0. The van der Waals surface area contributed by atoms with Crippen LogP contribution in [-0.2, 0) is 32.6 Å². The molecule has 4 aromatic carbocycles. The highest BCUT2D eigenvalue weighted by Gasteiger charge is 2.36. The molecule has 14 heteroatoms. The Labute approximate surface area is 314 Å². The quantitative estimate of drug-likeness (QED) is 0.126. The molecule has 0 fully saturated rings. The summed E-state index contributed by atoms with van der Waals surface area (Å²) in [7, 11) is -0.351. The first-order chi connectivity index (χ1) is 24.3. The topological polar surface area (TPSA) is 114 Å². The molecule has 0 bridgehead atoms. The molecule has 0 saturated carbocycles. The SMILES string of the molecule is CC[C@@H](C)NC(=O)[C@@H](Cc1ccccc1)N(Cc1ccc(Cl)cc1Cl)C(=O)CN(c1cc(Cl)ccc1OC)S(=O)(=O)c1ccc(OC)c(OC)c1. The Morgan fingerprint density at radius 1 is 0.804 bits per heavy atom. The van der Waals surface area contributed by atoms with Crippen LogP contribution in [-0.4, -0.2) is 65.1 Å². The van der Waals surface area contributed by atoms with Crippen molar-refractivity contribution in [2.24, 2.45) is 0 Å². The normalized spacial score (nSPS) is 12.4. The van der Waals surface area contributed by atoms with E-state index in [1.54, 1.807) is 12.1 Å². The van der Waals surface area contributed by atoms with E-state index in [1.807, 2.05) is 44.2 Å². The Kier molecular flexibility index (Phi) is 13.9. The summed E-state index contributed by atoms with van der Waals surface area (Å²) in [5, 5.41) is 3.86. The molecule has 0 aliphatic heterocycles. The van der Waals surface area contributed by atoms with Gasteiger partial charge in [-0.1, -0.05) is 78.1 Å². The predicted octanol–water partition coefficient (Wildman–Crippen LogP) is 7.42. The maximum absolute atomic E-state index is 14.8. The highest BCUT2D eigenvalue weighted by Crippen LogP contribution is 2.37. The zero-order valence-electron chi connectivity index (χ0n) is 28.9. The highest BCUT2D eigenvalue weighted by atomic mass is 35.5. The number of amides is 2. The minimum Gasteiger partial charge on any atom is -0.495 e. The summed E-state index contributed by atoms with van der Waals surface area (Å²) in [4.78, 5) is 30.1. The second-order valence-corrected chi connectivity index (χ2v) is 14.8. The average molecular weight is 777 g/mol. The molecule has 0 radical (unpaired) electrons. The van der Waals surface area contributed by atoms with Gasteiger partial charge in [-0.25, -0.2) is 8.42 Å². The molecule has 4 aromatic rings. The Balaban J connectivity index is 1.91. The van der Waals surface area contributed by atoms with E-state index in [2.05, 4.69) is 5.32 Å². The number of anilines is 1. The molecular formula is C37H40Cl3N3O7S. The van der Waals surface area contributed by atoms with Crippen molar-refractivity contribution < 1.29 is 32.2 Å². The van der Waals surface area contributed by atoms with Gasteiger partial charge in [-0.05, 0) is 66.9 Å². The van der Waals surface area contributed by atoms with Crippen LogP contribution in [0.2, 0.25) is 15.1 Å². The third-order valence-corrected chi connectivity index (χ3v) is 10.8. The maximum Gasteiger partial charge on any atom is 0.265 e. The molecule has 2 atom stereocenters. The number of carbonyl (C=O) groups is 2. The number of nitrogens with zero attached hydrogens (tertiary/aromatic N) is 2. The fourth-order valence-electron chi connectivity index (χ4n) is 5.30. The third-order valence-electron chi connectivity index (χ3n) is 8.26. The van der Waals surface area contributed by atoms with Gasteiger partial charge in [0, 0.05) is 40.1 Å². The zero-order chi connectivity index (χ0) is 37.3. The minimum absolute atomic E-state index is 0.00118. The van der Waals surface area contributed by atoms with E-state index in [4.69, 9.17) is 49.0 Å². The number of hydrogen-bond acceptors (Lipinski definition) is 7. The van der Waals surface area contributed by atoms with Gasteiger partial charge >= 0.3 is 0 Å². The summed E-state index contributed by atoms with van der Waals surface area (Å²) >= 11 is 19.2. The largest absolute Gasteiger partial charge is 0.495 e. The van der Waals surface area contributed by atoms with Crippen LogP contribution >= 0.6 is 34.8 Å². The number of methoxy groups -OCH3 is 3. The van der Waals surface area contributed by atoms with Crippen molar-refractivity contribution >= 4 is 62.3 Å². The molecule has 51 heavy (non-hydrogen) atoms. The van der Waals surface area contributed by atoms with Crippen molar-refractivity contribution in [3.05, 3.63) is 111 Å². The standard InChI is InChI=1S/C37H40Cl3N3O7S/c1-6-24(2)41-37(45)32(18-25-10-8-7-9-11-25)42(22-26-12-13-27(38)19-30(26)40)36(44)23-43(31-20-28(39)14-16-33(31)48-3)51(46,47)29-15-17-34(49-4)35(21-29)50-5/h7-17,19-21,24,32H,6,18,22-23H2,1-5H3,(H,41,45)/t24-,32-/m1/s1. The lowest BCUT2D eigenvalue weighted by Gasteiger charge is -2.34. The molecule has 0 aliphatic carbocycles. The van der Waals surface area contributed by atoms with Crippen molar-refractivity contribution in [2.75, 3.05) is 32.2 Å². The second-order valence-electron chi connectivity index (χ2n) is 11.6. The van der Waals surface area contributed by atoms with Gasteiger partial charge < -0.3 is 24.4 Å². The summed E-state index contributed by atoms with van der Waals surface area (Å²) in [5.74, 6) is -0.513. The van der Waals surface area contributed by atoms with Crippen molar-refractivity contribution in [1.29, 1.82) is 0 Å². The third kappa shape index (κ3) is 9.79. The van der Waals surface area contributed by atoms with Crippen molar-refractivity contribution in [3.8, 4) is 17.2 Å². The van der Waals surface area contributed by atoms with Gasteiger partial charge in [0.05, 0.1) is 31.9 Å². The number of halogens is 3. The number of ether oxygens (including phenoxy) is 3. The predicted molar refractivity (Wildman–Crippen MR) is 201 cm³/mol. The first-order valence-corrected chi connectivity index (χ1v) is 18.6. The van der Waals surface area contributed by atoms with Gasteiger partial charge in [0.15, 0.2) is 11.5 Å².